The van der Waals surface area contributed by atoms with Crippen molar-refractivity contribution in [2.24, 2.45) is 0 Å². The number of methoxy groups -OCH3 is 1. The normalized spacial score (nSPS) is 12.7. The van der Waals surface area contributed by atoms with E-state index in [9.17, 15) is 4.79 Å². The average molecular weight is 533 g/mol. The lowest BCUT2D eigenvalue weighted by Gasteiger charge is -2.15. The molecule has 2 aromatic carbocycles. The lowest BCUT2D eigenvalue weighted by atomic mass is 9.97. The molecule has 0 unspecified atom stereocenters. The van der Waals surface area contributed by atoms with Gasteiger partial charge in [-0.3, -0.25) is 4.79 Å². The summed E-state index contributed by atoms with van der Waals surface area (Å²) in [5.74, 6) is 3.05. The Labute approximate surface area is 226 Å². The Bertz CT molecular complexity index is 1510. The SMILES string of the molecule is C=CCc1ccc(OCCOc2ccc(-c3nc4sc5c(c4c(=O)[nH]3)CCCC5)cc2OCC)c(OC)c1. The molecule has 38 heavy (non-hydrogen) atoms. The monoisotopic (exact) mass is 532 g/mol. The number of thiophene rings is 1. The molecular weight excluding hydrogens is 500 g/mol. The second-order valence-electron chi connectivity index (χ2n) is 9.08. The summed E-state index contributed by atoms with van der Waals surface area (Å²) >= 11 is 1.64. The summed E-state index contributed by atoms with van der Waals surface area (Å²) in [6.07, 6.45) is 6.90. The molecular formula is C30H32N2O5S. The van der Waals surface area contributed by atoms with Crippen LogP contribution in [0.1, 0.15) is 35.8 Å². The third-order valence-electron chi connectivity index (χ3n) is 6.55. The van der Waals surface area contributed by atoms with Gasteiger partial charge in [0.05, 0.1) is 19.1 Å². The Morgan fingerprint density at radius 3 is 2.53 bits per heavy atom. The maximum atomic E-state index is 13.0. The summed E-state index contributed by atoms with van der Waals surface area (Å²) in [7, 11) is 1.62. The van der Waals surface area contributed by atoms with Crippen LogP contribution in [0.2, 0.25) is 0 Å². The van der Waals surface area contributed by atoms with Crippen LogP contribution in [0.15, 0.2) is 53.8 Å². The molecule has 198 valence electrons. The van der Waals surface area contributed by atoms with E-state index in [1.807, 2.05) is 49.4 Å². The molecule has 0 atom stereocenters. The highest BCUT2D eigenvalue weighted by molar-refractivity contribution is 7.18. The summed E-state index contributed by atoms with van der Waals surface area (Å²) in [6, 6.07) is 11.4. The van der Waals surface area contributed by atoms with E-state index in [1.165, 1.54) is 16.9 Å². The van der Waals surface area contributed by atoms with E-state index >= 15 is 0 Å². The number of benzene rings is 2. The fraction of sp³-hybridized carbons (Fsp3) is 0.333. The Balaban J connectivity index is 1.30. The number of ether oxygens (including phenoxy) is 4. The first kappa shape index (κ1) is 25.9. The minimum Gasteiger partial charge on any atom is -0.493 e. The molecule has 1 aliphatic rings. The lowest BCUT2D eigenvalue weighted by Crippen LogP contribution is -2.12. The number of allylic oxidation sites excluding steroid dienone is 1. The van der Waals surface area contributed by atoms with Crippen LogP contribution in [0.3, 0.4) is 0 Å². The van der Waals surface area contributed by atoms with Gasteiger partial charge in [0.15, 0.2) is 23.0 Å². The number of nitrogens with one attached hydrogen (secondary N) is 1. The highest BCUT2D eigenvalue weighted by Crippen LogP contribution is 2.36. The number of hydrogen-bond donors (Lipinski definition) is 1. The molecule has 7 nitrogen and oxygen atoms in total. The topological polar surface area (TPSA) is 82.7 Å². The molecule has 0 fully saturated rings. The standard InChI is InChI=1S/C30H32N2O5S/c1-4-8-19-11-13-22(24(17-19)34-3)36-15-16-37-23-14-12-20(18-25(23)35-5-2)28-31-29(33)27-21-9-6-7-10-26(21)38-30(27)32-28/h4,11-14,17-18H,1,5-10,15-16H2,2-3H3,(H,31,32,33). The van der Waals surface area contributed by atoms with Crippen molar-refractivity contribution >= 4 is 21.6 Å². The quantitative estimate of drug-likeness (QED) is 0.185. The fourth-order valence-corrected chi connectivity index (χ4v) is 6.03. The molecule has 0 amide bonds. The van der Waals surface area contributed by atoms with Crippen molar-refractivity contribution in [1.82, 2.24) is 9.97 Å². The number of H-pyrrole nitrogens is 1. The Morgan fingerprint density at radius 1 is 1.00 bits per heavy atom. The molecule has 0 aliphatic heterocycles. The number of aromatic nitrogens is 2. The van der Waals surface area contributed by atoms with Crippen LogP contribution >= 0.6 is 11.3 Å². The van der Waals surface area contributed by atoms with Crippen LogP contribution in [0.4, 0.5) is 0 Å². The van der Waals surface area contributed by atoms with Gasteiger partial charge in [0, 0.05) is 10.4 Å². The second kappa shape index (κ2) is 11.7. The zero-order valence-electron chi connectivity index (χ0n) is 21.8. The van der Waals surface area contributed by atoms with E-state index in [0.717, 1.165) is 47.0 Å². The first-order chi connectivity index (χ1) is 18.6. The van der Waals surface area contributed by atoms with E-state index in [-0.39, 0.29) is 5.56 Å². The van der Waals surface area contributed by atoms with Gasteiger partial charge in [-0.1, -0.05) is 12.1 Å². The van der Waals surface area contributed by atoms with Crippen LogP contribution in [-0.4, -0.2) is 36.9 Å². The number of fused-ring (bicyclic) bond motifs is 3. The Hall–Kier alpha value is -3.78. The van der Waals surface area contributed by atoms with Crippen LogP contribution in [0.25, 0.3) is 21.6 Å². The van der Waals surface area contributed by atoms with Gasteiger partial charge in [-0.2, -0.15) is 0 Å². The number of hydrogen-bond acceptors (Lipinski definition) is 7. The van der Waals surface area contributed by atoms with Crippen molar-refractivity contribution in [2.75, 3.05) is 26.9 Å². The van der Waals surface area contributed by atoms with E-state index in [1.54, 1.807) is 18.4 Å². The molecule has 1 N–H and O–H groups in total. The third kappa shape index (κ3) is 5.41. The fourth-order valence-electron chi connectivity index (χ4n) is 4.77. The minimum absolute atomic E-state index is 0.0761. The molecule has 2 aromatic heterocycles. The molecule has 5 rings (SSSR count). The smallest absolute Gasteiger partial charge is 0.260 e. The zero-order chi connectivity index (χ0) is 26.5. The average Bonchev–Trinajstić information content (AvgIpc) is 3.31. The van der Waals surface area contributed by atoms with E-state index in [0.29, 0.717) is 48.6 Å². The maximum Gasteiger partial charge on any atom is 0.260 e. The highest BCUT2D eigenvalue weighted by Gasteiger charge is 2.20. The summed E-state index contributed by atoms with van der Waals surface area (Å²) in [5.41, 5.74) is 2.98. The molecule has 0 radical (unpaired) electrons. The first-order valence-electron chi connectivity index (χ1n) is 13.0. The lowest BCUT2D eigenvalue weighted by molar-refractivity contribution is 0.203. The molecule has 2 heterocycles. The van der Waals surface area contributed by atoms with Gasteiger partial charge in [0.2, 0.25) is 0 Å². The highest BCUT2D eigenvalue weighted by atomic mass is 32.1. The van der Waals surface area contributed by atoms with Crippen molar-refractivity contribution in [3.05, 3.63) is 75.4 Å². The Kier molecular flexibility index (Phi) is 7.98. The predicted octanol–water partition coefficient (Wildman–Crippen LogP) is 6.12. The Morgan fingerprint density at radius 2 is 1.76 bits per heavy atom. The van der Waals surface area contributed by atoms with Crippen molar-refractivity contribution in [3.63, 3.8) is 0 Å². The van der Waals surface area contributed by atoms with Crippen LogP contribution in [0, 0.1) is 0 Å². The summed E-state index contributed by atoms with van der Waals surface area (Å²) in [4.78, 5) is 22.9. The van der Waals surface area contributed by atoms with Gasteiger partial charge in [-0.25, -0.2) is 4.98 Å². The maximum absolute atomic E-state index is 13.0. The summed E-state index contributed by atoms with van der Waals surface area (Å²) in [5, 5.41) is 0.755. The molecule has 4 aromatic rings. The predicted molar refractivity (Wildman–Crippen MR) is 151 cm³/mol. The van der Waals surface area contributed by atoms with E-state index in [2.05, 4.69) is 11.6 Å². The molecule has 0 saturated heterocycles. The number of aromatic amines is 1. The van der Waals surface area contributed by atoms with Gasteiger partial charge >= 0.3 is 0 Å². The molecule has 0 bridgehead atoms. The summed E-state index contributed by atoms with van der Waals surface area (Å²) < 4.78 is 23.2. The minimum atomic E-state index is -0.0761. The summed E-state index contributed by atoms with van der Waals surface area (Å²) in [6.45, 7) is 6.83. The van der Waals surface area contributed by atoms with Crippen LogP contribution in [-0.2, 0) is 19.3 Å². The molecule has 0 spiro atoms. The van der Waals surface area contributed by atoms with Gasteiger partial charge in [-0.05, 0) is 80.5 Å². The zero-order valence-corrected chi connectivity index (χ0v) is 22.6. The van der Waals surface area contributed by atoms with Gasteiger partial charge in [0.1, 0.15) is 23.9 Å². The number of aryl methyl sites for hydroxylation is 2. The second-order valence-corrected chi connectivity index (χ2v) is 10.2. The number of nitrogens with zero attached hydrogens (tertiary/aromatic N) is 1. The molecule has 8 heteroatoms. The number of rotatable bonds is 11. The van der Waals surface area contributed by atoms with E-state index < -0.39 is 0 Å². The van der Waals surface area contributed by atoms with Gasteiger partial charge < -0.3 is 23.9 Å². The van der Waals surface area contributed by atoms with E-state index in [4.69, 9.17) is 23.9 Å². The van der Waals surface area contributed by atoms with Crippen LogP contribution in [0.5, 0.6) is 23.0 Å². The van der Waals surface area contributed by atoms with Crippen molar-refractivity contribution in [1.29, 1.82) is 0 Å². The van der Waals surface area contributed by atoms with Crippen molar-refractivity contribution in [2.45, 2.75) is 39.0 Å². The third-order valence-corrected chi connectivity index (χ3v) is 7.73. The molecule has 1 aliphatic carbocycles. The largest absolute Gasteiger partial charge is 0.493 e. The molecule has 0 saturated carbocycles. The van der Waals surface area contributed by atoms with Gasteiger partial charge in [-0.15, -0.1) is 17.9 Å². The van der Waals surface area contributed by atoms with Crippen LogP contribution < -0.4 is 24.5 Å². The van der Waals surface area contributed by atoms with Gasteiger partial charge in [0.25, 0.3) is 5.56 Å². The van der Waals surface area contributed by atoms with Crippen molar-refractivity contribution in [3.8, 4) is 34.4 Å². The van der Waals surface area contributed by atoms with Crippen molar-refractivity contribution < 1.29 is 18.9 Å². The first-order valence-corrected chi connectivity index (χ1v) is 13.8.